The van der Waals surface area contributed by atoms with Crippen LogP contribution in [0, 0.1) is 11.3 Å². The third-order valence-electron chi connectivity index (χ3n) is 1.98. The van der Waals surface area contributed by atoms with E-state index in [1.54, 1.807) is 0 Å². The lowest BCUT2D eigenvalue weighted by atomic mass is 10.2. The maximum atomic E-state index is 12.7. The molecule has 0 saturated carbocycles. The van der Waals surface area contributed by atoms with Crippen LogP contribution in [-0.2, 0) is 19.6 Å². The van der Waals surface area contributed by atoms with E-state index in [-0.39, 0.29) is 13.0 Å². The van der Waals surface area contributed by atoms with Gasteiger partial charge in [-0.15, -0.1) is 0 Å². The second-order valence-corrected chi connectivity index (χ2v) is 4.91. The molecule has 0 radical (unpaired) electrons. The van der Waals surface area contributed by atoms with Gasteiger partial charge in [-0.25, -0.2) is 4.79 Å². The van der Waals surface area contributed by atoms with Crippen LogP contribution in [0.15, 0.2) is 0 Å². The number of unbranched alkanes of at least 4 members (excludes halogenated alkanes) is 4. The van der Waals surface area contributed by atoms with Gasteiger partial charge in [0.25, 0.3) is 0 Å². The SMILES string of the molecule is N#CCCCCCCOC(=O)C(F)(F)S(=O)(=O)O. The van der Waals surface area contributed by atoms with Gasteiger partial charge in [-0.3, -0.25) is 4.55 Å². The van der Waals surface area contributed by atoms with Crippen molar-refractivity contribution in [2.24, 2.45) is 0 Å². The van der Waals surface area contributed by atoms with E-state index < -0.39 is 21.3 Å². The molecule has 0 aliphatic carbocycles. The van der Waals surface area contributed by atoms with Gasteiger partial charge in [0.15, 0.2) is 0 Å². The molecule has 6 nitrogen and oxygen atoms in total. The van der Waals surface area contributed by atoms with Crippen LogP contribution in [0.3, 0.4) is 0 Å². The van der Waals surface area contributed by atoms with Gasteiger partial charge in [-0.2, -0.15) is 22.5 Å². The highest BCUT2D eigenvalue weighted by Gasteiger charge is 2.54. The number of halogens is 2. The number of nitriles is 1. The van der Waals surface area contributed by atoms with E-state index >= 15 is 0 Å². The van der Waals surface area contributed by atoms with Gasteiger partial charge in [0.2, 0.25) is 0 Å². The second-order valence-electron chi connectivity index (χ2n) is 3.45. The van der Waals surface area contributed by atoms with Crippen LogP contribution in [0.4, 0.5) is 8.78 Å². The number of hydrogen-bond acceptors (Lipinski definition) is 5. The van der Waals surface area contributed by atoms with Crippen LogP contribution >= 0.6 is 0 Å². The quantitative estimate of drug-likeness (QED) is 0.411. The molecule has 9 heteroatoms. The Kier molecular flexibility index (Phi) is 6.72. The molecule has 0 rings (SSSR count). The molecule has 0 aliphatic heterocycles. The second kappa shape index (κ2) is 7.23. The molecule has 1 N–H and O–H groups in total. The minimum atomic E-state index is -5.80. The maximum Gasteiger partial charge on any atom is 0.465 e. The summed E-state index contributed by atoms with van der Waals surface area (Å²) in [6, 6.07) is 1.93. The predicted molar refractivity (Wildman–Crippen MR) is 56.2 cm³/mol. The Morgan fingerprint density at radius 2 is 1.83 bits per heavy atom. The van der Waals surface area contributed by atoms with Gasteiger partial charge >= 0.3 is 21.3 Å². The smallest absolute Gasteiger partial charge is 0.460 e. The van der Waals surface area contributed by atoms with Crippen LogP contribution in [-0.4, -0.2) is 30.8 Å². The maximum absolute atomic E-state index is 12.7. The Morgan fingerprint density at radius 1 is 1.28 bits per heavy atom. The normalized spacial score (nSPS) is 11.9. The average molecular weight is 285 g/mol. The van der Waals surface area contributed by atoms with Gasteiger partial charge in [-0.05, 0) is 12.8 Å². The summed E-state index contributed by atoms with van der Waals surface area (Å²) in [5.74, 6) is -2.29. The lowest BCUT2D eigenvalue weighted by Gasteiger charge is -2.11. The molecular formula is C9H13F2NO5S. The van der Waals surface area contributed by atoms with E-state index in [4.69, 9.17) is 9.81 Å². The van der Waals surface area contributed by atoms with E-state index in [0.717, 1.165) is 0 Å². The summed E-state index contributed by atoms with van der Waals surface area (Å²) in [5, 5.41) is 3.29. The molecule has 0 unspecified atom stereocenters. The van der Waals surface area contributed by atoms with E-state index in [1.165, 1.54) is 0 Å². The lowest BCUT2D eigenvalue weighted by molar-refractivity contribution is -0.161. The third-order valence-corrected chi connectivity index (χ3v) is 2.79. The molecule has 0 aliphatic rings. The molecule has 0 aromatic carbocycles. The first-order valence-electron chi connectivity index (χ1n) is 5.12. The summed E-state index contributed by atoms with van der Waals surface area (Å²) >= 11 is 0. The van der Waals surface area contributed by atoms with Gasteiger partial charge in [0, 0.05) is 6.42 Å². The largest absolute Gasteiger partial charge is 0.465 e. The highest BCUT2D eigenvalue weighted by atomic mass is 32.2. The molecule has 0 atom stereocenters. The minimum absolute atomic E-state index is 0.277. The number of nitrogens with zero attached hydrogens (tertiary/aromatic N) is 1. The van der Waals surface area contributed by atoms with Crippen molar-refractivity contribution in [2.45, 2.75) is 37.4 Å². The molecule has 104 valence electrons. The van der Waals surface area contributed by atoms with Crippen molar-refractivity contribution in [2.75, 3.05) is 6.61 Å². The standard InChI is InChI=1S/C9H13F2NO5S/c10-9(11,18(14,15)16)8(13)17-7-5-3-1-2-4-6-12/h1-5,7H2,(H,14,15,16). The van der Waals surface area contributed by atoms with Gasteiger partial charge in [0.1, 0.15) is 0 Å². The molecule has 0 aromatic heterocycles. The first kappa shape index (κ1) is 16.7. The molecular weight excluding hydrogens is 272 g/mol. The third kappa shape index (κ3) is 5.37. The van der Waals surface area contributed by atoms with Crippen molar-refractivity contribution in [3.63, 3.8) is 0 Å². The highest BCUT2D eigenvalue weighted by molar-refractivity contribution is 7.87. The van der Waals surface area contributed by atoms with Crippen molar-refractivity contribution in [1.82, 2.24) is 0 Å². The van der Waals surface area contributed by atoms with E-state index in [0.29, 0.717) is 25.7 Å². The summed E-state index contributed by atoms with van der Waals surface area (Å²) in [5.41, 5.74) is 0. The zero-order valence-corrected chi connectivity index (χ0v) is 10.3. The molecule has 0 amide bonds. The van der Waals surface area contributed by atoms with Crippen LogP contribution in [0.1, 0.15) is 32.1 Å². The lowest BCUT2D eigenvalue weighted by Crippen LogP contribution is -2.39. The van der Waals surface area contributed by atoms with Crippen LogP contribution in [0.25, 0.3) is 0 Å². The topological polar surface area (TPSA) is 104 Å². The fourth-order valence-electron chi connectivity index (χ4n) is 1.01. The Morgan fingerprint density at radius 3 is 2.33 bits per heavy atom. The molecule has 0 bridgehead atoms. The monoisotopic (exact) mass is 285 g/mol. The zero-order valence-electron chi connectivity index (χ0n) is 9.43. The summed E-state index contributed by atoms with van der Waals surface area (Å²) in [7, 11) is -5.80. The number of carbonyl (C=O) groups excluding carboxylic acids is 1. The van der Waals surface area contributed by atoms with E-state index in [9.17, 15) is 22.0 Å². The molecule has 0 fully saturated rings. The molecule has 0 saturated heterocycles. The van der Waals surface area contributed by atoms with Crippen molar-refractivity contribution in [3.8, 4) is 6.07 Å². The van der Waals surface area contributed by atoms with Crippen molar-refractivity contribution < 1.29 is 31.3 Å². The molecule has 0 aromatic rings. The Hall–Kier alpha value is -1.27. The van der Waals surface area contributed by atoms with Crippen molar-refractivity contribution in [3.05, 3.63) is 0 Å². The Balaban J connectivity index is 3.89. The highest BCUT2D eigenvalue weighted by Crippen LogP contribution is 2.22. The number of ether oxygens (including phenoxy) is 1. The average Bonchev–Trinajstić information content (AvgIpc) is 2.26. The van der Waals surface area contributed by atoms with E-state index in [1.807, 2.05) is 6.07 Å². The molecule has 18 heavy (non-hydrogen) atoms. The van der Waals surface area contributed by atoms with Crippen LogP contribution in [0.5, 0.6) is 0 Å². The number of hydrogen-bond donors (Lipinski definition) is 1. The first-order valence-corrected chi connectivity index (χ1v) is 6.56. The fraction of sp³-hybridized carbons (Fsp3) is 0.778. The summed E-state index contributed by atoms with van der Waals surface area (Å²) in [6.45, 7) is -0.365. The summed E-state index contributed by atoms with van der Waals surface area (Å²) < 4.78 is 57.8. The number of alkyl halides is 2. The van der Waals surface area contributed by atoms with Gasteiger partial charge in [0.05, 0.1) is 12.7 Å². The van der Waals surface area contributed by atoms with Crippen molar-refractivity contribution in [1.29, 1.82) is 5.26 Å². The molecule has 0 heterocycles. The molecule has 0 spiro atoms. The minimum Gasteiger partial charge on any atom is -0.460 e. The van der Waals surface area contributed by atoms with Gasteiger partial charge < -0.3 is 4.74 Å². The predicted octanol–water partition coefficient (Wildman–Crippen LogP) is 1.48. The Labute approximate surface area is 103 Å². The number of carbonyl (C=O) groups is 1. The van der Waals surface area contributed by atoms with Crippen molar-refractivity contribution >= 4 is 16.1 Å². The number of rotatable bonds is 8. The van der Waals surface area contributed by atoms with Crippen LogP contribution < -0.4 is 0 Å². The fourth-order valence-corrected chi connectivity index (χ4v) is 1.28. The summed E-state index contributed by atoms with van der Waals surface area (Å²) in [6.07, 6.45) is 2.57. The zero-order chi connectivity index (χ0) is 14.2. The van der Waals surface area contributed by atoms with Crippen LogP contribution in [0.2, 0.25) is 0 Å². The van der Waals surface area contributed by atoms with E-state index in [2.05, 4.69) is 4.74 Å². The Bertz CT molecular complexity index is 415. The number of esters is 1. The van der Waals surface area contributed by atoms with Gasteiger partial charge in [-0.1, -0.05) is 12.8 Å². The first-order chi connectivity index (χ1) is 8.23. The summed E-state index contributed by atoms with van der Waals surface area (Å²) in [4.78, 5) is 10.7.